The fraction of sp³-hybridized carbons (Fsp3) is 0.312. The number of hydrogen-bond donors (Lipinski definition) is 1. The molecule has 0 unspecified atom stereocenters. The average Bonchev–Trinajstić information content (AvgIpc) is 2.69. The largest absolute Gasteiger partial charge is 0.352 e. The molecule has 1 amide bonds. The Morgan fingerprint density at radius 2 is 1.90 bits per heavy atom. The lowest BCUT2D eigenvalue weighted by molar-refractivity contribution is 0.0953. The van der Waals surface area contributed by atoms with Crippen LogP contribution in [0.2, 0.25) is 5.02 Å². The zero-order chi connectivity index (χ0) is 14.7. The van der Waals surface area contributed by atoms with Crippen molar-refractivity contribution in [1.82, 2.24) is 9.88 Å². The summed E-state index contributed by atoms with van der Waals surface area (Å²) < 4.78 is 2.02. The van der Waals surface area contributed by atoms with Crippen molar-refractivity contribution in [2.75, 3.05) is 6.54 Å². The van der Waals surface area contributed by atoms with Gasteiger partial charge in [0.1, 0.15) is 0 Å². The summed E-state index contributed by atoms with van der Waals surface area (Å²) in [5.74, 6) is -0.0137. The Morgan fingerprint density at radius 3 is 2.45 bits per heavy atom. The Morgan fingerprint density at radius 1 is 1.25 bits per heavy atom. The Balaban J connectivity index is 1.92. The number of aryl methyl sites for hydroxylation is 1. The predicted molar refractivity (Wildman–Crippen MR) is 82.4 cm³/mol. The van der Waals surface area contributed by atoms with Crippen LogP contribution in [-0.2, 0) is 13.5 Å². The lowest BCUT2D eigenvalue weighted by atomic mass is 10.1. The van der Waals surface area contributed by atoms with E-state index in [4.69, 9.17) is 11.6 Å². The first kappa shape index (κ1) is 14.7. The molecule has 2 rings (SSSR count). The minimum Gasteiger partial charge on any atom is -0.352 e. The van der Waals surface area contributed by atoms with Gasteiger partial charge in [0.25, 0.3) is 5.91 Å². The van der Waals surface area contributed by atoms with Crippen molar-refractivity contribution in [3.05, 3.63) is 57.9 Å². The summed E-state index contributed by atoms with van der Waals surface area (Å²) in [4.78, 5) is 12.1. The number of nitrogens with zero attached hydrogens (tertiary/aromatic N) is 1. The van der Waals surface area contributed by atoms with E-state index in [2.05, 4.69) is 5.32 Å². The molecule has 0 aliphatic carbocycles. The highest BCUT2D eigenvalue weighted by Crippen LogP contribution is 2.13. The van der Waals surface area contributed by atoms with Gasteiger partial charge in [-0.3, -0.25) is 4.79 Å². The first-order valence-corrected chi connectivity index (χ1v) is 7.02. The molecule has 1 N–H and O–H groups in total. The van der Waals surface area contributed by atoms with Crippen LogP contribution in [0, 0.1) is 13.8 Å². The number of hydrogen-bond acceptors (Lipinski definition) is 1. The number of nitrogens with one attached hydrogen (secondary N) is 1. The van der Waals surface area contributed by atoms with Crippen molar-refractivity contribution in [2.24, 2.45) is 7.05 Å². The Hall–Kier alpha value is -1.74. The zero-order valence-corrected chi connectivity index (χ0v) is 12.8. The summed E-state index contributed by atoms with van der Waals surface area (Å²) in [5, 5.41) is 3.69. The number of aromatic nitrogens is 1. The van der Waals surface area contributed by atoms with E-state index >= 15 is 0 Å². The minimum absolute atomic E-state index is 0.0137. The van der Waals surface area contributed by atoms with Crippen molar-refractivity contribution >= 4 is 17.5 Å². The molecule has 0 saturated carbocycles. The molecule has 1 aromatic heterocycles. The van der Waals surface area contributed by atoms with E-state index < -0.39 is 0 Å². The van der Waals surface area contributed by atoms with Gasteiger partial charge in [0, 0.05) is 30.0 Å². The van der Waals surface area contributed by atoms with Gasteiger partial charge in [0.15, 0.2) is 0 Å². The SMILES string of the molecule is Cc1cc(C(=O)NCCc2ccc(Cl)cc2)c(C)n1C. The molecule has 0 atom stereocenters. The zero-order valence-electron chi connectivity index (χ0n) is 12.0. The summed E-state index contributed by atoms with van der Waals surface area (Å²) in [5.41, 5.74) is 3.99. The third kappa shape index (κ3) is 3.23. The van der Waals surface area contributed by atoms with E-state index in [0.29, 0.717) is 6.54 Å². The van der Waals surface area contributed by atoms with Crippen molar-refractivity contribution < 1.29 is 4.79 Å². The van der Waals surface area contributed by atoms with Crippen molar-refractivity contribution in [1.29, 1.82) is 0 Å². The smallest absolute Gasteiger partial charge is 0.253 e. The van der Waals surface area contributed by atoms with Gasteiger partial charge in [0.2, 0.25) is 0 Å². The van der Waals surface area contributed by atoms with Gasteiger partial charge in [-0.05, 0) is 44.0 Å². The molecule has 0 bridgehead atoms. The monoisotopic (exact) mass is 290 g/mol. The highest BCUT2D eigenvalue weighted by Gasteiger charge is 2.13. The lowest BCUT2D eigenvalue weighted by Crippen LogP contribution is -2.26. The third-order valence-corrected chi connectivity index (χ3v) is 3.88. The molecule has 0 aliphatic heterocycles. The molecule has 1 aromatic carbocycles. The summed E-state index contributed by atoms with van der Waals surface area (Å²) >= 11 is 5.84. The van der Waals surface area contributed by atoms with Crippen molar-refractivity contribution in [3.8, 4) is 0 Å². The van der Waals surface area contributed by atoms with Gasteiger partial charge in [-0.2, -0.15) is 0 Å². The third-order valence-electron chi connectivity index (χ3n) is 3.63. The van der Waals surface area contributed by atoms with Crippen LogP contribution in [0.3, 0.4) is 0 Å². The van der Waals surface area contributed by atoms with Crippen LogP contribution in [0.4, 0.5) is 0 Å². The van der Waals surface area contributed by atoms with Crippen LogP contribution in [0.15, 0.2) is 30.3 Å². The number of benzene rings is 1. The van der Waals surface area contributed by atoms with Crippen LogP contribution in [-0.4, -0.2) is 17.0 Å². The molecule has 0 saturated heterocycles. The van der Waals surface area contributed by atoms with Gasteiger partial charge < -0.3 is 9.88 Å². The van der Waals surface area contributed by atoms with Crippen LogP contribution >= 0.6 is 11.6 Å². The van der Waals surface area contributed by atoms with E-state index in [1.165, 1.54) is 0 Å². The van der Waals surface area contributed by atoms with E-state index in [1.807, 2.05) is 55.8 Å². The van der Waals surface area contributed by atoms with E-state index in [0.717, 1.165) is 34.0 Å². The number of carbonyl (C=O) groups is 1. The number of rotatable bonds is 4. The molecule has 0 radical (unpaired) electrons. The van der Waals surface area contributed by atoms with Gasteiger partial charge in [-0.15, -0.1) is 0 Å². The van der Waals surface area contributed by atoms with Gasteiger partial charge in [-0.25, -0.2) is 0 Å². The predicted octanol–water partition coefficient (Wildman–Crippen LogP) is 3.27. The maximum atomic E-state index is 12.1. The van der Waals surface area contributed by atoms with Gasteiger partial charge >= 0.3 is 0 Å². The van der Waals surface area contributed by atoms with E-state index in [-0.39, 0.29) is 5.91 Å². The fourth-order valence-electron chi connectivity index (χ4n) is 2.15. The maximum Gasteiger partial charge on any atom is 0.253 e. The first-order valence-electron chi connectivity index (χ1n) is 6.64. The number of amides is 1. The summed E-state index contributed by atoms with van der Waals surface area (Å²) in [6.45, 7) is 4.58. The molecule has 3 nitrogen and oxygen atoms in total. The van der Waals surface area contributed by atoms with Crippen molar-refractivity contribution in [3.63, 3.8) is 0 Å². The maximum absolute atomic E-state index is 12.1. The minimum atomic E-state index is -0.0137. The Bertz CT molecular complexity index is 614. The lowest BCUT2D eigenvalue weighted by Gasteiger charge is -2.06. The first-order chi connectivity index (χ1) is 9.49. The number of carbonyl (C=O) groups excluding carboxylic acids is 1. The van der Waals surface area contributed by atoms with Gasteiger partial charge in [0.05, 0.1) is 5.56 Å². The molecule has 20 heavy (non-hydrogen) atoms. The molecule has 0 aliphatic rings. The average molecular weight is 291 g/mol. The van der Waals surface area contributed by atoms with E-state index in [9.17, 15) is 4.79 Å². The molecule has 0 fully saturated rings. The Labute approximate surface area is 124 Å². The Kier molecular flexibility index (Phi) is 4.50. The molecular weight excluding hydrogens is 272 g/mol. The summed E-state index contributed by atoms with van der Waals surface area (Å²) in [6, 6.07) is 9.61. The topological polar surface area (TPSA) is 34.0 Å². The molecule has 4 heteroatoms. The number of halogens is 1. The highest BCUT2D eigenvalue weighted by atomic mass is 35.5. The quantitative estimate of drug-likeness (QED) is 0.921. The second-order valence-corrected chi connectivity index (χ2v) is 5.41. The van der Waals surface area contributed by atoms with Crippen LogP contribution in [0.1, 0.15) is 27.3 Å². The molecule has 2 aromatic rings. The standard InChI is InChI=1S/C16H19ClN2O/c1-11-10-15(12(2)19(11)3)16(20)18-9-8-13-4-6-14(17)7-5-13/h4-7,10H,8-9H2,1-3H3,(H,18,20). The molecule has 0 spiro atoms. The van der Waals surface area contributed by atoms with Crippen molar-refractivity contribution in [2.45, 2.75) is 20.3 Å². The van der Waals surface area contributed by atoms with E-state index in [1.54, 1.807) is 0 Å². The van der Waals surface area contributed by atoms with Crippen LogP contribution in [0.5, 0.6) is 0 Å². The van der Waals surface area contributed by atoms with Crippen LogP contribution < -0.4 is 5.32 Å². The second-order valence-electron chi connectivity index (χ2n) is 4.98. The summed E-state index contributed by atoms with van der Waals surface area (Å²) in [6.07, 6.45) is 0.799. The molecular formula is C16H19ClN2O. The molecule has 1 heterocycles. The van der Waals surface area contributed by atoms with Gasteiger partial charge in [-0.1, -0.05) is 23.7 Å². The fourth-order valence-corrected chi connectivity index (χ4v) is 2.28. The second kappa shape index (κ2) is 6.14. The highest BCUT2D eigenvalue weighted by molar-refractivity contribution is 6.30. The summed E-state index contributed by atoms with van der Waals surface area (Å²) in [7, 11) is 1.97. The van der Waals surface area contributed by atoms with Crippen LogP contribution in [0.25, 0.3) is 0 Å². The normalized spacial score (nSPS) is 10.6. The molecule has 106 valence electrons.